The molecule has 1 saturated heterocycles. The van der Waals surface area contributed by atoms with Crippen molar-refractivity contribution in [1.82, 2.24) is 9.80 Å². The molecule has 0 bridgehead atoms. The van der Waals surface area contributed by atoms with Crippen molar-refractivity contribution in [2.75, 3.05) is 33.3 Å². The molecule has 1 rings (SSSR count). The Morgan fingerprint density at radius 2 is 1.78 bits per heavy atom. The van der Waals surface area contributed by atoms with E-state index in [0.29, 0.717) is 18.2 Å². The highest BCUT2D eigenvalue weighted by atomic mass is 16.5. The third-order valence-corrected chi connectivity index (χ3v) is 4.10. The predicted octanol–water partition coefficient (Wildman–Crippen LogP) is 2.61. The summed E-state index contributed by atoms with van der Waals surface area (Å²) in [6.45, 7) is 13.5. The van der Waals surface area contributed by atoms with E-state index in [0.717, 1.165) is 19.6 Å². The van der Waals surface area contributed by atoms with E-state index < -0.39 is 0 Å². The Hall–Kier alpha value is -0.120. The van der Waals surface area contributed by atoms with Gasteiger partial charge in [-0.15, -0.1) is 0 Å². The van der Waals surface area contributed by atoms with E-state index in [1.54, 1.807) is 0 Å². The van der Waals surface area contributed by atoms with E-state index in [-0.39, 0.29) is 0 Å². The molecule has 0 N–H and O–H groups in total. The fourth-order valence-electron chi connectivity index (χ4n) is 2.38. The van der Waals surface area contributed by atoms with E-state index in [2.05, 4.69) is 44.5 Å². The third-order valence-electron chi connectivity index (χ3n) is 4.10. The van der Waals surface area contributed by atoms with Gasteiger partial charge < -0.3 is 14.5 Å². The largest absolute Gasteiger partial charge is 0.378 e. The topological polar surface area (TPSA) is 15.7 Å². The quantitative estimate of drug-likeness (QED) is 0.651. The summed E-state index contributed by atoms with van der Waals surface area (Å²) in [7, 11) is 2.19. The Balaban J connectivity index is 2.04. The maximum Gasteiger partial charge on any atom is 0.0599 e. The molecule has 0 aromatic carbocycles. The van der Waals surface area contributed by atoms with Crippen molar-refractivity contribution in [2.24, 2.45) is 0 Å². The van der Waals surface area contributed by atoms with Crippen molar-refractivity contribution < 1.29 is 4.74 Å². The number of piperidine rings is 1. The lowest BCUT2D eigenvalue weighted by Gasteiger charge is -2.34. The molecule has 0 radical (unpaired) electrons. The van der Waals surface area contributed by atoms with Gasteiger partial charge in [-0.3, -0.25) is 0 Å². The summed E-state index contributed by atoms with van der Waals surface area (Å²) in [5.74, 6) is 0. The monoisotopic (exact) mass is 256 g/mol. The molecule has 0 unspecified atom stereocenters. The second-order valence-electron chi connectivity index (χ2n) is 6.13. The molecular formula is C15H32N2O. The van der Waals surface area contributed by atoms with E-state index in [1.807, 2.05) is 0 Å². The minimum Gasteiger partial charge on any atom is -0.378 e. The van der Waals surface area contributed by atoms with Crippen LogP contribution < -0.4 is 0 Å². The fraction of sp³-hybridized carbons (Fsp3) is 1.00. The van der Waals surface area contributed by atoms with Crippen molar-refractivity contribution >= 4 is 0 Å². The number of likely N-dealkylation sites (tertiary alicyclic amines) is 1. The molecule has 108 valence electrons. The smallest absolute Gasteiger partial charge is 0.0599 e. The highest BCUT2D eigenvalue weighted by molar-refractivity contribution is 4.74. The lowest BCUT2D eigenvalue weighted by Crippen LogP contribution is -2.41. The number of hydrogen-bond donors (Lipinski definition) is 0. The summed E-state index contributed by atoms with van der Waals surface area (Å²) in [4.78, 5) is 4.93. The highest BCUT2D eigenvalue weighted by Gasteiger charge is 2.20. The first-order valence-electron chi connectivity index (χ1n) is 7.56. The second-order valence-corrected chi connectivity index (χ2v) is 6.13. The normalized spacial score (nSPS) is 19.3. The predicted molar refractivity (Wildman–Crippen MR) is 78.1 cm³/mol. The Kier molecular flexibility index (Phi) is 7.20. The SMILES string of the molecule is CC(C)N(C)CCCOC1CCN(C(C)C)CC1. The molecule has 0 atom stereocenters. The average molecular weight is 256 g/mol. The summed E-state index contributed by atoms with van der Waals surface area (Å²) in [5, 5.41) is 0. The zero-order valence-corrected chi connectivity index (χ0v) is 13.0. The van der Waals surface area contributed by atoms with Crippen LogP contribution in [-0.4, -0.2) is 61.3 Å². The number of rotatable bonds is 7. The van der Waals surface area contributed by atoms with Crippen LogP contribution in [0.1, 0.15) is 47.0 Å². The summed E-state index contributed by atoms with van der Waals surface area (Å²) in [5.41, 5.74) is 0. The lowest BCUT2D eigenvalue weighted by molar-refractivity contribution is -0.00191. The van der Waals surface area contributed by atoms with Gasteiger partial charge in [0.15, 0.2) is 0 Å². The van der Waals surface area contributed by atoms with Gasteiger partial charge in [0.05, 0.1) is 6.10 Å². The first-order chi connectivity index (χ1) is 8.50. The van der Waals surface area contributed by atoms with Gasteiger partial charge in [-0.25, -0.2) is 0 Å². The van der Waals surface area contributed by atoms with Crippen molar-refractivity contribution in [1.29, 1.82) is 0 Å². The van der Waals surface area contributed by atoms with Gasteiger partial charge in [0, 0.05) is 38.3 Å². The Morgan fingerprint density at radius 1 is 1.17 bits per heavy atom. The van der Waals surface area contributed by atoms with Crippen LogP contribution in [-0.2, 0) is 4.74 Å². The van der Waals surface area contributed by atoms with Gasteiger partial charge >= 0.3 is 0 Å². The van der Waals surface area contributed by atoms with Gasteiger partial charge in [-0.05, 0) is 54.0 Å². The van der Waals surface area contributed by atoms with E-state index >= 15 is 0 Å². The van der Waals surface area contributed by atoms with Gasteiger partial charge in [0.25, 0.3) is 0 Å². The van der Waals surface area contributed by atoms with Crippen molar-refractivity contribution in [2.45, 2.75) is 65.1 Å². The van der Waals surface area contributed by atoms with Crippen LogP contribution in [0.5, 0.6) is 0 Å². The van der Waals surface area contributed by atoms with Crippen molar-refractivity contribution in [3.05, 3.63) is 0 Å². The molecular weight excluding hydrogens is 224 g/mol. The summed E-state index contributed by atoms with van der Waals surface area (Å²) in [6, 6.07) is 1.32. The summed E-state index contributed by atoms with van der Waals surface area (Å²) < 4.78 is 5.99. The standard InChI is InChI=1S/C15H32N2O/c1-13(2)16(5)9-6-12-18-15-7-10-17(11-8-15)14(3)4/h13-15H,6-12H2,1-5H3. The number of ether oxygens (including phenoxy) is 1. The first kappa shape index (κ1) is 15.9. The second kappa shape index (κ2) is 8.13. The zero-order valence-electron chi connectivity index (χ0n) is 13.0. The maximum atomic E-state index is 5.99. The third kappa shape index (κ3) is 5.68. The maximum absolute atomic E-state index is 5.99. The molecule has 1 heterocycles. The van der Waals surface area contributed by atoms with Gasteiger partial charge in [-0.2, -0.15) is 0 Å². The van der Waals surface area contributed by atoms with Gasteiger partial charge in [0.2, 0.25) is 0 Å². The number of nitrogens with zero attached hydrogens (tertiary/aromatic N) is 2. The molecule has 1 fully saturated rings. The first-order valence-corrected chi connectivity index (χ1v) is 7.56. The van der Waals surface area contributed by atoms with Crippen LogP contribution in [0, 0.1) is 0 Å². The molecule has 0 aromatic rings. The van der Waals surface area contributed by atoms with Crippen LogP contribution >= 0.6 is 0 Å². The number of hydrogen-bond acceptors (Lipinski definition) is 3. The minimum atomic E-state index is 0.504. The molecule has 0 aromatic heterocycles. The van der Waals surface area contributed by atoms with Crippen LogP contribution in [0.25, 0.3) is 0 Å². The Morgan fingerprint density at radius 3 is 2.28 bits per heavy atom. The van der Waals surface area contributed by atoms with Crippen LogP contribution in [0.2, 0.25) is 0 Å². The molecule has 3 nitrogen and oxygen atoms in total. The summed E-state index contributed by atoms with van der Waals surface area (Å²) in [6.07, 6.45) is 4.07. The molecule has 0 amide bonds. The Labute approximate surface area is 113 Å². The molecule has 1 aliphatic heterocycles. The molecule has 0 saturated carbocycles. The minimum absolute atomic E-state index is 0.504. The molecule has 3 heteroatoms. The van der Waals surface area contributed by atoms with Gasteiger partial charge in [-0.1, -0.05) is 0 Å². The molecule has 18 heavy (non-hydrogen) atoms. The van der Waals surface area contributed by atoms with Crippen LogP contribution in [0.15, 0.2) is 0 Å². The Bertz CT molecular complexity index is 211. The van der Waals surface area contributed by atoms with Crippen molar-refractivity contribution in [3.8, 4) is 0 Å². The zero-order chi connectivity index (χ0) is 13.5. The van der Waals surface area contributed by atoms with E-state index in [9.17, 15) is 0 Å². The lowest BCUT2D eigenvalue weighted by atomic mass is 10.1. The van der Waals surface area contributed by atoms with Crippen LogP contribution in [0.3, 0.4) is 0 Å². The molecule has 0 aliphatic carbocycles. The summed E-state index contributed by atoms with van der Waals surface area (Å²) >= 11 is 0. The molecule has 0 spiro atoms. The van der Waals surface area contributed by atoms with Gasteiger partial charge in [0.1, 0.15) is 0 Å². The molecule has 1 aliphatic rings. The highest BCUT2D eigenvalue weighted by Crippen LogP contribution is 2.15. The van der Waals surface area contributed by atoms with E-state index in [4.69, 9.17) is 4.74 Å². The van der Waals surface area contributed by atoms with Crippen LogP contribution in [0.4, 0.5) is 0 Å². The average Bonchev–Trinajstić information content (AvgIpc) is 2.34. The van der Waals surface area contributed by atoms with Crippen molar-refractivity contribution in [3.63, 3.8) is 0 Å². The van der Waals surface area contributed by atoms with E-state index in [1.165, 1.54) is 25.9 Å². The fourth-order valence-corrected chi connectivity index (χ4v) is 2.38.